The number of hydrogen-bond donors (Lipinski definition) is 0. The van der Waals surface area contributed by atoms with Crippen LogP contribution in [0, 0.1) is 13.8 Å². The predicted molar refractivity (Wildman–Crippen MR) is 122 cm³/mol. The third-order valence-electron chi connectivity index (χ3n) is 5.27. The molecule has 0 aliphatic carbocycles. The zero-order valence-electron chi connectivity index (χ0n) is 18.2. The van der Waals surface area contributed by atoms with Crippen LogP contribution in [-0.4, -0.2) is 20.2 Å². The summed E-state index contributed by atoms with van der Waals surface area (Å²) in [4.78, 5) is 25.3. The van der Waals surface area contributed by atoms with E-state index in [1.165, 1.54) is 7.11 Å². The van der Waals surface area contributed by atoms with Crippen molar-refractivity contribution in [2.24, 2.45) is 0 Å². The Hall–Kier alpha value is -4.06. The molecule has 0 amide bonds. The number of rotatable bonds is 5. The number of esters is 1. The lowest BCUT2D eigenvalue weighted by molar-refractivity contribution is 0.0735. The molecule has 4 aromatic rings. The second kappa shape index (κ2) is 8.59. The summed E-state index contributed by atoms with van der Waals surface area (Å²) in [5, 5.41) is 0.670. The number of methoxy groups -OCH3 is 2. The molecule has 0 atom stereocenters. The normalized spacial score (nSPS) is 10.8. The lowest BCUT2D eigenvalue weighted by atomic mass is 9.99. The molecular formula is C26H22O6. The van der Waals surface area contributed by atoms with Gasteiger partial charge in [-0.25, -0.2) is 9.59 Å². The van der Waals surface area contributed by atoms with Crippen molar-refractivity contribution in [1.29, 1.82) is 0 Å². The van der Waals surface area contributed by atoms with Crippen LogP contribution in [0.3, 0.4) is 0 Å². The van der Waals surface area contributed by atoms with Crippen LogP contribution < -0.4 is 19.8 Å². The van der Waals surface area contributed by atoms with Crippen LogP contribution in [0.4, 0.5) is 0 Å². The quantitative estimate of drug-likeness (QED) is 0.243. The fraction of sp³-hybridized carbons (Fsp3) is 0.154. The van der Waals surface area contributed by atoms with Crippen LogP contribution in [0.15, 0.2) is 69.9 Å². The first-order valence-electron chi connectivity index (χ1n) is 10.00. The second-order valence-corrected chi connectivity index (χ2v) is 7.38. The maximum atomic E-state index is 12.8. The van der Waals surface area contributed by atoms with E-state index in [4.69, 9.17) is 18.6 Å². The molecule has 0 saturated carbocycles. The van der Waals surface area contributed by atoms with E-state index in [1.54, 1.807) is 61.7 Å². The molecule has 0 bridgehead atoms. The minimum atomic E-state index is -0.466. The Kier molecular flexibility index (Phi) is 5.69. The number of fused-ring (bicyclic) bond motifs is 1. The van der Waals surface area contributed by atoms with Crippen LogP contribution in [0.5, 0.6) is 17.2 Å². The molecule has 0 aliphatic heterocycles. The van der Waals surface area contributed by atoms with E-state index in [1.807, 2.05) is 19.9 Å². The molecule has 0 unspecified atom stereocenters. The van der Waals surface area contributed by atoms with Gasteiger partial charge in [-0.3, -0.25) is 0 Å². The summed E-state index contributed by atoms with van der Waals surface area (Å²) in [7, 11) is 3.08. The van der Waals surface area contributed by atoms with E-state index < -0.39 is 11.6 Å². The Labute approximate surface area is 185 Å². The smallest absolute Gasteiger partial charge is 0.344 e. The van der Waals surface area contributed by atoms with Gasteiger partial charge < -0.3 is 18.6 Å². The number of carbonyl (C=O) groups is 1. The molecule has 0 spiro atoms. The highest BCUT2D eigenvalue weighted by Crippen LogP contribution is 2.34. The Bertz CT molecular complexity index is 1380. The minimum Gasteiger partial charge on any atom is -0.493 e. The monoisotopic (exact) mass is 430 g/mol. The van der Waals surface area contributed by atoms with Crippen molar-refractivity contribution >= 4 is 16.9 Å². The standard InChI is InChI=1S/C26H22O6/c1-15-6-5-7-18(12-15)25(27)31-19-9-11-21-20(14-19)16(2)24(26(28)32-21)17-8-10-22(29-3)23(13-17)30-4/h5-14H,1-4H3. The number of carbonyl (C=O) groups excluding carboxylic acids is 1. The van der Waals surface area contributed by atoms with Gasteiger partial charge >= 0.3 is 11.6 Å². The lowest BCUT2D eigenvalue weighted by Crippen LogP contribution is -2.09. The summed E-state index contributed by atoms with van der Waals surface area (Å²) in [6.07, 6.45) is 0. The first-order chi connectivity index (χ1) is 15.4. The summed E-state index contributed by atoms with van der Waals surface area (Å²) >= 11 is 0. The van der Waals surface area contributed by atoms with Crippen molar-refractivity contribution < 1.29 is 23.4 Å². The van der Waals surface area contributed by atoms with Gasteiger partial charge in [-0.2, -0.15) is 0 Å². The summed E-state index contributed by atoms with van der Waals surface area (Å²) in [5.74, 6) is 0.969. The molecule has 1 heterocycles. The van der Waals surface area contributed by atoms with E-state index in [0.29, 0.717) is 50.5 Å². The Morgan fingerprint density at radius 1 is 0.875 bits per heavy atom. The molecule has 162 valence electrons. The Morgan fingerprint density at radius 2 is 1.66 bits per heavy atom. The third-order valence-corrected chi connectivity index (χ3v) is 5.27. The summed E-state index contributed by atoms with van der Waals surface area (Å²) in [6, 6.07) is 17.4. The van der Waals surface area contributed by atoms with Gasteiger partial charge in [0.05, 0.1) is 25.3 Å². The second-order valence-electron chi connectivity index (χ2n) is 7.38. The van der Waals surface area contributed by atoms with E-state index in [9.17, 15) is 9.59 Å². The molecule has 1 aromatic heterocycles. The van der Waals surface area contributed by atoms with Crippen LogP contribution in [0.25, 0.3) is 22.1 Å². The van der Waals surface area contributed by atoms with Crippen LogP contribution >= 0.6 is 0 Å². The van der Waals surface area contributed by atoms with Crippen LogP contribution in [0.1, 0.15) is 21.5 Å². The third kappa shape index (κ3) is 3.95. The summed E-state index contributed by atoms with van der Waals surface area (Å²) < 4.78 is 21.8. The van der Waals surface area contributed by atoms with E-state index in [0.717, 1.165) is 5.56 Å². The largest absolute Gasteiger partial charge is 0.493 e. The van der Waals surface area contributed by atoms with Crippen molar-refractivity contribution in [2.45, 2.75) is 13.8 Å². The number of benzene rings is 3. The molecule has 0 aliphatic rings. The number of ether oxygens (including phenoxy) is 3. The Balaban J connectivity index is 1.77. The number of hydrogen-bond acceptors (Lipinski definition) is 6. The molecule has 4 rings (SSSR count). The van der Waals surface area contributed by atoms with Crippen molar-refractivity contribution in [3.8, 4) is 28.4 Å². The van der Waals surface area contributed by atoms with Crippen molar-refractivity contribution in [3.63, 3.8) is 0 Å². The highest BCUT2D eigenvalue weighted by atomic mass is 16.5. The van der Waals surface area contributed by atoms with Gasteiger partial charge in [0.15, 0.2) is 11.5 Å². The maximum absolute atomic E-state index is 12.8. The SMILES string of the molecule is COc1ccc(-c2c(C)c3cc(OC(=O)c4cccc(C)c4)ccc3oc2=O)cc1OC. The maximum Gasteiger partial charge on any atom is 0.344 e. The Morgan fingerprint density at radius 3 is 2.38 bits per heavy atom. The molecule has 0 saturated heterocycles. The van der Waals surface area contributed by atoms with E-state index in [-0.39, 0.29) is 0 Å². The molecule has 32 heavy (non-hydrogen) atoms. The molecular weight excluding hydrogens is 408 g/mol. The van der Waals surface area contributed by atoms with Gasteiger partial charge in [0.25, 0.3) is 0 Å². The van der Waals surface area contributed by atoms with Gasteiger partial charge in [-0.15, -0.1) is 0 Å². The molecule has 0 fully saturated rings. The van der Waals surface area contributed by atoms with Crippen molar-refractivity contribution in [1.82, 2.24) is 0 Å². The molecule has 3 aromatic carbocycles. The first-order valence-corrected chi connectivity index (χ1v) is 10.00. The number of aryl methyl sites for hydroxylation is 2. The van der Waals surface area contributed by atoms with Gasteiger partial charge in [0.1, 0.15) is 11.3 Å². The zero-order valence-corrected chi connectivity index (χ0v) is 18.2. The molecule has 0 radical (unpaired) electrons. The van der Waals surface area contributed by atoms with Crippen molar-refractivity contribution in [3.05, 3.63) is 87.8 Å². The lowest BCUT2D eigenvalue weighted by Gasteiger charge is -2.12. The highest BCUT2D eigenvalue weighted by molar-refractivity contribution is 5.93. The molecule has 6 nitrogen and oxygen atoms in total. The fourth-order valence-corrected chi connectivity index (χ4v) is 3.66. The summed E-state index contributed by atoms with van der Waals surface area (Å²) in [5.41, 5.74) is 3.12. The predicted octanol–water partition coefficient (Wildman–Crippen LogP) is 5.31. The van der Waals surface area contributed by atoms with Gasteiger partial charge in [-0.05, 0) is 67.4 Å². The fourth-order valence-electron chi connectivity index (χ4n) is 3.66. The first kappa shape index (κ1) is 21.2. The van der Waals surface area contributed by atoms with E-state index in [2.05, 4.69) is 0 Å². The molecule has 0 N–H and O–H groups in total. The van der Waals surface area contributed by atoms with Crippen LogP contribution in [0.2, 0.25) is 0 Å². The average molecular weight is 430 g/mol. The van der Waals surface area contributed by atoms with E-state index >= 15 is 0 Å². The van der Waals surface area contributed by atoms with Gasteiger partial charge in [0, 0.05) is 5.39 Å². The minimum absolute atomic E-state index is 0.360. The topological polar surface area (TPSA) is 75.0 Å². The van der Waals surface area contributed by atoms with Gasteiger partial charge in [0.2, 0.25) is 0 Å². The highest BCUT2D eigenvalue weighted by Gasteiger charge is 2.17. The van der Waals surface area contributed by atoms with Gasteiger partial charge in [-0.1, -0.05) is 23.8 Å². The summed E-state index contributed by atoms with van der Waals surface area (Å²) in [6.45, 7) is 3.74. The molecule has 6 heteroatoms. The zero-order chi connectivity index (χ0) is 22.8. The van der Waals surface area contributed by atoms with Crippen LogP contribution in [-0.2, 0) is 0 Å². The average Bonchev–Trinajstić information content (AvgIpc) is 2.79. The van der Waals surface area contributed by atoms with Crippen molar-refractivity contribution in [2.75, 3.05) is 14.2 Å².